The van der Waals surface area contributed by atoms with Gasteiger partial charge in [-0.25, -0.2) is 0 Å². The van der Waals surface area contributed by atoms with Gasteiger partial charge in [0.2, 0.25) is 59.1 Å². The molecule has 1 unspecified atom stereocenters. The smallest absolute Gasteiger partial charge is 0.246 e. The zero-order valence-electron chi connectivity index (χ0n) is 55.7. The highest BCUT2D eigenvalue weighted by Gasteiger charge is 2.47. The number of carbonyl (C=O) groups excluding carboxylic acids is 11. The van der Waals surface area contributed by atoms with Crippen molar-refractivity contribution in [2.45, 2.75) is 217 Å². The number of nitrogens with zero attached hydrogens (tertiary/aromatic N) is 7. The van der Waals surface area contributed by atoms with E-state index in [4.69, 9.17) is 4.74 Å². The van der Waals surface area contributed by atoms with E-state index in [1.165, 1.54) is 90.6 Å². The summed E-state index contributed by atoms with van der Waals surface area (Å²) in [4.78, 5) is 170. The van der Waals surface area contributed by atoms with Crippen LogP contribution >= 0.6 is 0 Å². The van der Waals surface area contributed by atoms with Gasteiger partial charge in [0.1, 0.15) is 48.3 Å². The normalized spacial score (nSPS) is 29.1. The lowest BCUT2D eigenvalue weighted by atomic mass is 9.92. The maximum atomic E-state index is 15.2. The van der Waals surface area contributed by atoms with Gasteiger partial charge in [0, 0.05) is 68.3 Å². The molecule has 22 heteroatoms. The molecule has 0 saturated carbocycles. The lowest BCUT2D eigenvalue weighted by molar-refractivity contribution is -0.157. The van der Waals surface area contributed by atoms with Crippen molar-refractivity contribution in [1.82, 2.24) is 50.2 Å². The maximum Gasteiger partial charge on any atom is 0.246 e. The van der Waals surface area contributed by atoms with Gasteiger partial charge in [0.05, 0.1) is 18.7 Å². The Morgan fingerprint density at radius 3 is 1.29 bits per heavy atom. The molecule has 2 heterocycles. The zero-order valence-corrected chi connectivity index (χ0v) is 55.7. The average Bonchev–Trinajstić information content (AvgIpc) is 3.94. The average molecular weight is 1190 g/mol. The van der Waals surface area contributed by atoms with Crippen molar-refractivity contribution in [2.75, 3.05) is 62.5 Å². The summed E-state index contributed by atoms with van der Waals surface area (Å²) in [6.07, 6.45) is 0.227. The molecular weight excluding hydrogens is 1080 g/mol. The van der Waals surface area contributed by atoms with E-state index in [-0.39, 0.29) is 61.7 Å². The highest BCUT2D eigenvalue weighted by atomic mass is 16.5. The van der Waals surface area contributed by atoms with E-state index in [0.717, 1.165) is 0 Å². The van der Waals surface area contributed by atoms with E-state index >= 15 is 9.59 Å². The van der Waals surface area contributed by atoms with Crippen molar-refractivity contribution >= 4 is 64.9 Å². The zero-order chi connectivity index (χ0) is 64.8. The highest BCUT2D eigenvalue weighted by molar-refractivity contribution is 5.99. The SMILES string of the molecule is CC(C)C[C@@H]1C(=O)N(C)[C@H](CC(C)C)C(=O)N(C)[C@H](C(C)C)C(=O)N(C)[C@H](C2OCC[C@H]2C)C(=O)N[C@H](C(C)C)C(=O)N(C)CC(=O)N(C)[C@@H](CC(C)C)C(=O)N[C@H](C(C)C)C(=O)N(C)[C@H](CC(C)C)C(=O)N[C@H](C)C(=O)C[C@@H](C)C(=O)N1C. The Kier molecular flexibility index (Phi) is 29.0. The first kappa shape index (κ1) is 74.4. The molecule has 2 rings (SSSR count). The summed E-state index contributed by atoms with van der Waals surface area (Å²) >= 11 is 0. The Morgan fingerprint density at radius 1 is 0.440 bits per heavy atom. The molecule has 12 atom stereocenters. The molecule has 84 heavy (non-hydrogen) atoms. The fourth-order valence-electron chi connectivity index (χ4n) is 11.3. The summed E-state index contributed by atoms with van der Waals surface area (Å²) in [6.45, 7) is 30.4. The van der Waals surface area contributed by atoms with Gasteiger partial charge in [-0.05, 0) is 86.4 Å². The van der Waals surface area contributed by atoms with Gasteiger partial charge in [-0.3, -0.25) is 52.7 Å². The van der Waals surface area contributed by atoms with Crippen LogP contribution in [0.25, 0.3) is 0 Å². The number of Topliss-reactive ketones (excluding diaryl/α,β-unsaturated/α-hetero) is 1. The van der Waals surface area contributed by atoms with E-state index in [0.29, 0.717) is 13.0 Å². The topological polar surface area (TPSA) is 256 Å². The summed E-state index contributed by atoms with van der Waals surface area (Å²) in [7, 11) is 10.3. The van der Waals surface area contributed by atoms with Gasteiger partial charge in [-0.15, -0.1) is 0 Å². The van der Waals surface area contributed by atoms with E-state index in [1.807, 2.05) is 62.3 Å². The van der Waals surface area contributed by atoms with Gasteiger partial charge in [0.25, 0.3) is 0 Å². The van der Waals surface area contributed by atoms with E-state index in [1.54, 1.807) is 48.5 Å². The molecule has 2 aliphatic rings. The number of ketones is 1. The van der Waals surface area contributed by atoms with Crippen LogP contribution in [0.1, 0.15) is 156 Å². The van der Waals surface area contributed by atoms with Gasteiger partial charge in [-0.2, -0.15) is 0 Å². The molecule has 0 aromatic rings. The molecule has 0 radical (unpaired) electrons. The number of likely N-dealkylation sites (N-methyl/N-ethyl adjacent to an activating group) is 7. The Balaban J connectivity index is 2.95. The van der Waals surface area contributed by atoms with Crippen molar-refractivity contribution in [3.63, 3.8) is 0 Å². The molecule has 0 aromatic heterocycles. The lowest BCUT2D eigenvalue weighted by Crippen LogP contribution is -2.63. The maximum absolute atomic E-state index is 15.2. The van der Waals surface area contributed by atoms with Crippen LogP contribution in [0.2, 0.25) is 0 Å². The van der Waals surface area contributed by atoms with Crippen molar-refractivity contribution in [3.8, 4) is 0 Å². The summed E-state index contributed by atoms with van der Waals surface area (Å²) < 4.78 is 6.19. The second-order valence-corrected chi connectivity index (χ2v) is 27.0. The van der Waals surface area contributed by atoms with E-state index in [9.17, 15) is 43.2 Å². The summed E-state index contributed by atoms with van der Waals surface area (Å²) in [5.74, 6) is -9.56. The predicted molar refractivity (Wildman–Crippen MR) is 323 cm³/mol. The number of amides is 10. The van der Waals surface area contributed by atoms with Crippen molar-refractivity contribution < 1.29 is 57.5 Å². The second-order valence-electron chi connectivity index (χ2n) is 27.0. The minimum atomic E-state index is -1.29. The van der Waals surface area contributed by atoms with Crippen LogP contribution in [0.4, 0.5) is 0 Å². The molecule has 22 nitrogen and oxygen atoms in total. The van der Waals surface area contributed by atoms with Crippen molar-refractivity contribution in [1.29, 1.82) is 0 Å². The third kappa shape index (κ3) is 19.7. The lowest BCUT2D eigenvalue weighted by Gasteiger charge is -2.41. The second kappa shape index (κ2) is 32.7. The third-order valence-electron chi connectivity index (χ3n) is 16.7. The number of ether oxygens (including phenoxy) is 1. The number of nitrogens with one attached hydrogen (secondary N) is 3. The molecule has 0 aliphatic carbocycles. The first-order valence-electron chi connectivity index (χ1n) is 30.6. The number of hydrogen-bond acceptors (Lipinski definition) is 12. The summed E-state index contributed by atoms with van der Waals surface area (Å²) in [6, 6.07) is -10.3. The molecule has 2 aliphatic heterocycles. The molecule has 3 N–H and O–H groups in total. The minimum Gasteiger partial charge on any atom is -0.375 e. The van der Waals surface area contributed by atoms with Gasteiger partial charge in [0.15, 0.2) is 5.78 Å². The van der Waals surface area contributed by atoms with Crippen molar-refractivity contribution in [3.05, 3.63) is 0 Å². The van der Waals surface area contributed by atoms with Crippen LogP contribution in [-0.2, 0) is 57.5 Å². The standard InChI is InChI=1S/C62H110N10O12/c1-33(2)27-43-55(76)64-50(38(11)12)61(82)68(20)44(28-34(3)4)54(75)63-42(17)47(73)31-41(16)57(78)69(21)45(29-35(5)6)58(79)70(22)46(30-36(7)8)59(80)71(23)51(39(13)14)62(83)72(24)52(53-40(15)25-26-84-53)56(77)65-49(37(9)10)60(81)66(18)32-48(74)67(43)19/h33-46,49-53H,25-32H2,1-24H3,(H,63,75)(H,64,76)(H,65,77)/t40-,41-,42-,43+,44-,45-,46-,49-,50-,51-,52-,53?/m1/s1. The monoisotopic (exact) mass is 1190 g/mol. The van der Waals surface area contributed by atoms with Crippen LogP contribution in [0, 0.1) is 53.3 Å². The van der Waals surface area contributed by atoms with Gasteiger partial charge >= 0.3 is 0 Å². The molecule has 480 valence electrons. The Labute approximate surface area is 503 Å². The Bertz CT molecular complexity index is 2310. The highest BCUT2D eigenvalue weighted by Crippen LogP contribution is 2.29. The molecule has 2 saturated heterocycles. The number of rotatable bonds is 12. The first-order chi connectivity index (χ1) is 38.7. The Hall–Kier alpha value is -5.67. The van der Waals surface area contributed by atoms with Crippen molar-refractivity contribution in [2.24, 2.45) is 53.3 Å². The quantitative estimate of drug-likeness (QED) is 0.250. The Morgan fingerprint density at radius 2 is 0.845 bits per heavy atom. The minimum absolute atomic E-state index is 0.105. The van der Waals surface area contributed by atoms with Crippen LogP contribution in [0.3, 0.4) is 0 Å². The van der Waals surface area contributed by atoms with Crippen LogP contribution < -0.4 is 16.0 Å². The summed E-state index contributed by atoms with van der Waals surface area (Å²) in [5, 5.41) is 8.56. The molecular formula is C62H110N10O12. The largest absolute Gasteiger partial charge is 0.375 e. The van der Waals surface area contributed by atoms with Crippen LogP contribution in [0.15, 0.2) is 0 Å². The summed E-state index contributed by atoms with van der Waals surface area (Å²) in [5.41, 5.74) is 0. The third-order valence-corrected chi connectivity index (χ3v) is 16.7. The molecule has 2 fully saturated rings. The molecule has 0 spiro atoms. The van der Waals surface area contributed by atoms with Crippen LogP contribution in [-0.4, -0.2) is 222 Å². The first-order valence-corrected chi connectivity index (χ1v) is 30.6. The molecule has 0 aromatic carbocycles. The van der Waals surface area contributed by atoms with E-state index < -0.39 is 156 Å². The van der Waals surface area contributed by atoms with Crippen LogP contribution in [0.5, 0.6) is 0 Å². The predicted octanol–water partition coefficient (Wildman–Crippen LogP) is 4.07. The van der Waals surface area contributed by atoms with Gasteiger partial charge < -0.3 is 55.0 Å². The van der Waals surface area contributed by atoms with Gasteiger partial charge in [-0.1, -0.05) is 111 Å². The fraction of sp³-hybridized carbons (Fsp3) is 0.823. The number of carbonyl (C=O) groups is 11. The van der Waals surface area contributed by atoms with E-state index in [2.05, 4.69) is 16.0 Å². The molecule has 0 bridgehead atoms. The fourth-order valence-corrected chi connectivity index (χ4v) is 11.3. The molecule has 10 amide bonds. The number of hydrogen-bond donors (Lipinski definition) is 3.